The summed E-state index contributed by atoms with van der Waals surface area (Å²) in [7, 11) is 0. The Morgan fingerprint density at radius 2 is 1.84 bits per heavy atom. The van der Waals surface area contributed by atoms with Gasteiger partial charge in [0.25, 0.3) is 0 Å². The molecule has 0 aliphatic rings. The van der Waals surface area contributed by atoms with Crippen LogP contribution in [0, 0.1) is 5.82 Å². The Morgan fingerprint density at radius 1 is 1.08 bits per heavy atom. The number of halogens is 1. The van der Waals surface area contributed by atoms with Crippen molar-refractivity contribution in [1.82, 2.24) is 20.6 Å². The number of anilines is 1. The molecule has 1 atom stereocenters. The van der Waals surface area contributed by atoms with Gasteiger partial charge in [-0.25, -0.2) is 9.18 Å². The van der Waals surface area contributed by atoms with Crippen LogP contribution >= 0.6 is 0 Å². The lowest BCUT2D eigenvalue weighted by Gasteiger charge is -2.14. The van der Waals surface area contributed by atoms with Crippen LogP contribution in [-0.2, 0) is 0 Å². The van der Waals surface area contributed by atoms with E-state index in [4.69, 9.17) is 18.9 Å². The summed E-state index contributed by atoms with van der Waals surface area (Å²) in [5.74, 6) is 1.73. The van der Waals surface area contributed by atoms with Gasteiger partial charge in [-0.15, -0.1) is 0 Å². The van der Waals surface area contributed by atoms with Crippen LogP contribution in [0.15, 0.2) is 57.6 Å². The number of urea groups is 1. The second-order valence-electron chi connectivity index (χ2n) is 8.56. The van der Waals surface area contributed by atoms with Crippen LogP contribution < -0.4 is 15.4 Å². The van der Waals surface area contributed by atoms with Crippen LogP contribution in [-0.4, -0.2) is 39.6 Å². The van der Waals surface area contributed by atoms with Crippen LogP contribution in [0.4, 0.5) is 14.9 Å². The molecule has 2 aromatic heterocycles. The molecule has 4 rings (SSSR count). The van der Waals surface area contributed by atoms with Crippen LogP contribution in [0.2, 0.25) is 0 Å². The predicted molar refractivity (Wildman–Crippen MR) is 133 cm³/mol. The Balaban J connectivity index is 1.43. The monoisotopic (exact) mass is 509 g/mol. The summed E-state index contributed by atoms with van der Waals surface area (Å²) >= 11 is 0. The highest BCUT2D eigenvalue weighted by Gasteiger charge is 2.19. The number of hydrogen-bond acceptors (Lipinski definition) is 8. The van der Waals surface area contributed by atoms with Crippen molar-refractivity contribution >= 4 is 11.7 Å². The summed E-state index contributed by atoms with van der Waals surface area (Å²) in [5.41, 5.74) is 1.72. The summed E-state index contributed by atoms with van der Waals surface area (Å²) in [4.78, 5) is 16.1. The highest BCUT2D eigenvalue weighted by molar-refractivity contribution is 5.89. The van der Waals surface area contributed by atoms with E-state index >= 15 is 0 Å². The lowest BCUT2D eigenvalue weighted by Crippen LogP contribution is -2.31. The van der Waals surface area contributed by atoms with Crippen molar-refractivity contribution in [2.75, 3.05) is 18.5 Å². The molecule has 10 nitrogen and oxygen atoms in total. The molecule has 0 saturated heterocycles. The number of rotatable bonds is 10. The predicted octanol–water partition coefficient (Wildman–Crippen LogP) is 5.30. The first-order valence-corrected chi connectivity index (χ1v) is 11.9. The van der Waals surface area contributed by atoms with Gasteiger partial charge in [0.2, 0.25) is 11.7 Å². The van der Waals surface area contributed by atoms with Crippen molar-refractivity contribution in [3.8, 4) is 28.4 Å². The maximum Gasteiger partial charge on any atom is 0.319 e. The molecular formula is C26H28FN5O5. The van der Waals surface area contributed by atoms with Gasteiger partial charge in [0, 0.05) is 29.7 Å². The minimum absolute atomic E-state index is 0.00220. The lowest BCUT2D eigenvalue weighted by molar-refractivity contribution is 0.160. The quantitative estimate of drug-likeness (QED) is 0.262. The number of nitrogens with one attached hydrogen (secondary N) is 2. The molecule has 37 heavy (non-hydrogen) atoms. The second-order valence-corrected chi connectivity index (χ2v) is 8.56. The number of carbonyl (C=O) groups is 1. The first kappa shape index (κ1) is 25.8. The molecule has 0 spiro atoms. The van der Waals surface area contributed by atoms with Gasteiger partial charge in [-0.3, -0.25) is 0 Å². The standard InChI is InChI=1S/C26H28FN5O5/c1-4-22(35-18-8-5-16(6-9-18)24-30-25(15(2)3)37-32-24)23-14-21(31-36-23)17-7-10-20(19(27)13-17)29-26(34)28-11-12-33/h5-10,13-15,22,33H,4,11-12H2,1-3H3,(H2,28,29,34). The van der Waals surface area contributed by atoms with Crippen molar-refractivity contribution in [1.29, 1.82) is 0 Å². The number of aliphatic hydroxyl groups excluding tert-OH is 1. The average Bonchev–Trinajstić information content (AvgIpc) is 3.58. The fraction of sp³-hybridized carbons (Fsp3) is 0.308. The van der Waals surface area contributed by atoms with Gasteiger partial charge in [0.05, 0.1) is 12.3 Å². The van der Waals surface area contributed by atoms with E-state index in [2.05, 4.69) is 25.9 Å². The molecule has 11 heteroatoms. The second kappa shape index (κ2) is 11.7. The third-order valence-corrected chi connectivity index (χ3v) is 5.45. The van der Waals surface area contributed by atoms with Crippen molar-refractivity contribution in [2.45, 2.75) is 39.2 Å². The molecular weight excluding hydrogens is 481 g/mol. The zero-order chi connectivity index (χ0) is 26.4. The van der Waals surface area contributed by atoms with Gasteiger partial charge in [-0.05, 0) is 42.8 Å². The minimum atomic E-state index is -0.633. The summed E-state index contributed by atoms with van der Waals surface area (Å²) in [6.07, 6.45) is 0.199. The molecule has 0 aliphatic heterocycles. The van der Waals surface area contributed by atoms with E-state index < -0.39 is 18.0 Å². The zero-order valence-corrected chi connectivity index (χ0v) is 20.7. The Labute approximate surface area is 212 Å². The minimum Gasteiger partial charge on any atom is -0.482 e. The number of aromatic nitrogens is 3. The normalized spacial score (nSPS) is 11.9. The van der Waals surface area contributed by atoms with E-state index in [1.54, 1.807) is 12.1 Å². The summed E-state index contributed by atoms with van der Waals surface area (Å²) < 4.78 is 31.4. The fourth-order valence-electron chi connectivity index (χ4n) is 3.47. The number of amides is 2. The highest BCUT2D eigenvalue weighted by atomic mass is 19.1. The molecule has 3 N–H and O–H groups in total. The van der Waals surface area contributed by atoms with E-state index in [0.29, 0.717) is 40.9 Å². The molecule has 4 aromatic rings. The van der Waals surface area contributed by atoms with Crippen LogP contribution in [0.25, 0.3) is 22.6 Å². The molecule has 2 amide bonds. The molecule has 0 saturated carbocycles. The molecule has 194 valence electrons. The average molecular weight is 510 g/mol. The van der Waals surface area contributed by atoms with Gasteiger partial charge in [-0.1, -0.05) is 37.2 Å². The van der Waals surface area contributed by atoms with Crippen molar-refractivity contribution in [3.05, 3.63) is 66.0 Å². The zero-order valence-electron chi connectivity index (χ0n) is 20.7. The van der Waals surface area contributed by atoms with Gasteiger partial charge < -0.3 is 29.5 Å². The third kappa shape index (κ3) is 6.31. The van der Waals surface area contributed by atoms with Crippen molar-refractivity contribution in [2.24, 2.45) is 0 Å². The maximum atomic E-state index is 14.5. The number of ether oxygens (including phenoxy) is 1. The summed E-state index contributed by atoms with van der Waals surface area (Å²) in [6, 6.07) is 12.7. The maximum absolute atomic E-state index is 14.5. The van der Waals surface area contributed by atoms with Crippen molar-refractivity contribution < 1.29 is 28.1 Å². The third-order valence-electron chi connectivity index (χ3n) is 5.45. The van der Waals surface area contributed by atoms with Gasteiger partial charge in [-0.2, -0.15) is 4.98 Å². The molecule has 0 radical (unpaired) electrons. The number of nitrogens with zero attached hydrogens (tertiary/aromatic N) is 3. The number of benzene rings is 2. The lowest BCUT2D eigenvalue weighted by atomic mass is 10.1. The molecule has 0 fully saturated rings. The Morgan fingerprint density at radius 3 is 2.49 bits per heavy atom. The van der Waals surface area contributed by atoms with E-state index in [1.165, 1.54) is 12.1 Å². The smallest absolute Gasteiger partial charge is 0.319 e. The number of hydrogen-bond donors (Lipinski definition) is 3. The molecule has 0 bridgehead atoms. The largest absolute Gasteiger partial charge is 0.482 e. The molecule has 0 aliphatic carbocycles. The molecule has 2 heterocycles. The first-order valence-electron chi connectivity index (χ1n) is 11.9. The summed E-state index contributed by atoms with van der Waals surface area (Å²) in [6.45, 7) is 5.78. The molecule has 2 aromatic carbocycles. The number of aliphatic hydroxyl groups is 1. The van der Waals surface area contributed by atoms with Crippen LogP contribution in [0.3, 0.4) is 0 Å². The van der Waals surface area contributed by atoms with E-state index in [1.807, 2.05) is 45.0 Å². The van der Waals surface area contributed by atoms with Gasteiger partial charge >= 0.3 is 6.03 Å². The van der Waals surface area contributed by atoms with E-state index in [9.17, 15) is 9.18 Å². The van der Waals surface area contributed by atoms with Crippen LogP contribution in [0.5, 0.6) is 5.75 Å². The van der Waals surface area contributed by atoms with Gasteiger partial charge in [0.15, 0.2) is 11.9 Å². The van der Waals surface area contributed by atoms with E-state index in [-0.39, 0.29) is 24.8 Å². The molecule has 1 unspecified atom stereocenters. The van der Waals surface area contributed by atoms with Crippen molar-refractivity contribution in [3.63, 3.8) is 0 Å². The Bertz CT molecular complexity index is 1340. The first-order chi connectivity index (χ1) is 17.9. The Kier molecular flexibility index (Phi) is 8.14. The van der Waals surface area contributed by atoms with Gasteiger partial charge in [0.1, 0.15) is 17.3 Å². The SMILES string of the molecule is CCC(Oc1ccc(-c2noc(C(C)C)n2)cc1)c1cc(-c2ccc(NC(=O)NCCO)c(F)c2)no1. The van der Waals surface area contributed by atoms with E-state index in [0.717, 1.165) is 5.56 Å². The summed E-state index contributed by atoms with van der Waals surface area (Å²) in [5, 5.41) is 21.6. The fourth-order valence-corrected chi connectivity index (χ4v) is 3.47. The topological polar surface area (TPSA) is 136 Å². The van der Waals surface area contributed by atoms with Crippen LogP contribution in [0.1, 0.15) is 50.9 Å². The highest BCUT2D eigenvalue weighted by Crippen LogP contribution is 2.31. The number of carbonyl (C=O) groups excluding carboxylic acids is 1. The Hall–Kier alpha value is -4.25.